The summed E-state index contributed by atoms with van der Waals surface area (Å²) in [4.78, 5) is 21.0. The average Bonchev–Trinajstić information content (AvgIpc) is 2.93. The summed E-state index contributed by atoms with van der Waals surface area (Å²) in [5.41, 5.74) is 5.21. The number of hydrogen-bond acceptors (Lipinski definition) is 6. The molecule has 0 atom stereocenters. The van der Waals surface area contributed by atoms with Gasteiger partial charge in [-0.2, -0.15) is 13.2 Å². The van der Waals surface area contributed by atoms with Crippen LogP contribution in [0.15, 0.2) is 114 Å². The van der Waals surface area contributed by atoms with Crippen molar-refractivity contribution >= 4 is 29.0 Å². The van der Waals surface area contributed by atoms with Gasteiger partial charge in [-0.25, -0.2) is 14.8 Å². The van der Waals surface area contributed by atoms with Crippen molar-refractivity contribution in [1.29, 1.82) is 0 Å². The Kier molecular flexibility index (Phi) is 8.63. The summed E-state index contributed by atoms with van der Waals surface area (Å²) < 4.78 is 50.3. The second-order valence-electron chi connectivity index (χ2n) is 8.12. The van der Waals surface area contributed by atoms with Crippen LogP contribution in [0.5, 0.6) is 11.6 Å². The van der Waals surface area contributed by atoms with E-state index in [4.69, 9.17) is 26.8 Å². The normalized spacial score (nSPS) is 12.2. The summed E-state index contributed by atoms with van der Waals surface area (Å²) in [6.07, 6.45) is -2.50. The Morgan fingerprint density at radius 2 is 1.59 bits per heavy atom. The van der Waals surface area contributed by atoms with Crippen molar-refractivity contribution in [2.75, 3.05) is 0 Å². The molecule has 198 valence electrons. The molecule has 0 aliphatic heterocycles. The van der Waals surface area contributed by atoms with Crippen LogP contribution < -0.4 is 10.5 Å². The summed E-state index contributed by atoms with van der Waals surface area (Å²) in [6, 6.07) is 24.7. The number of aromatic nitrogens is 1. The average molecular weight is 552 g/mol. The molecule has 0 bridgehead atoms. The summed E-state index contributed by atoms with van der Waals surface area (Å²) in [7, 11) is 0. The van der Waals surface area contributed by atoms with Gasteiger partial charge in [-0.05, 0) is 48.5 Å². The number of esters is 1. The first-order valence-corrected chi connectivity index (χ1v) is 11.9. The van der Waals surface area contributed by atoms with E-state index >= 15 is 0 Å². The number of halogens is 4. The lowest BCUT2D eigenvalue weighted by molar-refractivity contribution is -0.0925. The number of ether oxygens (including phenoxy) is 2. The number of allylic oxidation sites excluding steroid dienone is 2. The molecule has 0 radical (unpaired) electrons. The molecule has 39 heavy (non-hydrogen) atoms. The number of carbonyl (C=O) groups is 1. The van der Waals surface area contributed by atoms with Crippen LogP contribution in [0.2, 0.25) is 5.02 Å². The minimum atomic E-state index is -4.74. The SMILES string of the molecule is NC(=CC(=Nc1ccccc1Cl)c1ccc(C(=O)OCc2ccc(Oc3ccccc3)nc2)cc1)C(F)(F)F. The molecular weight excluding hydrogens is 531 g/mol. The molecule has 3 aromatic carbocycles. The zero-order chi connectivity index (χ0) is 27.8. The maximum absolute atomic E-state index is 13.1. The summed E-state index contributed by atoms with van der Waals surface area (Å²) in [5.74, 6) is 0.409. The van der Waals surface area contributed by atoms with Crippen LogP contribution >= 0.6 is 11.6 Å². The van der Waals surface area contributed by atoms with Gasteiger partial charge in [-0.3, -0.25) is 0 Å². The topological polar surface area (TPSA) is 86.8 Å². The summed E-state index contributed by atoms with van der Waals surface area (Å²) >= 11 is 6.13. The standard InChI is InChI=1S/C29H21ClF3N3O3/c30-23-8-4-5-9-24(23)36-25(16-26(34)29(31,32)33)20-11-13-21(14-12-20)28(37)38-18-19-10-15-27(35-17-19)39-22-6-2-1-3-7-22/h1-17H,18,34H2. The number of rotatable bonds is 8. The molecule has 0 saturated carbocycles. The van der Waals surface area contributed by atoms with Crippen molar-refractivity contribution in [3.8, 4) is 11.6 Å². The van der Waals surface area contributed by atoms with E-state index in [1.165, 1.54) is 30.5 Å². The van der Waals surface area contributed by atoms with E-state index in [9.17, 15) is 18.0 Å². The number of para-hydroxylation sites is 2. The maximum atomic E-state index is 13.1. The molecule has 0 aliphatic rings. The predicted molar refractivity (Wildman–Crippen MR) is 142 cm³/mol. The Bertz CT molecular complexity index is 1490. The monoisotopic (exact) mass is 551 g/mol. The van der Waals surface area contributed by atoms with Crippen LogP contribution in [-0.4, -0.2) is 22.8 Å². The van der Waals surface area contributed by atoms with Crippen LogP contribution in [0.4, 0.5) is 18.9 Å². The minimum Gasteiger partial charge on any atom is -0.457 e. The highest BCUT2D eigenvalue weighted by molar-refractivity contribution is 6.33. The Morgan fingerprint density at radius 3 is 2.23 bits per heavy atom. The molecule has 10 heteroatoms. The van der Waals surface area contributed by atoms with Gasteiger partial charge >= 0.3 is 12.1 Å². The zero-order valence-corrected chi connectivity index (χ0v) is 21.0. The van der Waals surface area contributed by atoms with Crippen LogP contribution in [-0.2, 0) is 11.3 Å². The number of aliphatic imine (C=N–C) groups is 1. The van der Waals surface area contributed by atoms with Gasteiger partial charge in [0.2, 0.25) is 5.88 Å². The van der Waals surface area contributed by atoms with Crippen LogP contribution in [0.1, 0.15) is 21.5 Å². The fourth-order valence-electron chi connectivity index (χ4n) is 3.26. The Morgan fingerprint density at radius 1 is 0.923 bits per heavy atom. The Hall–Kier alpha value is -4.63. The van der Waals surface area contributed by atoms with Crippen molar-refractivity contribution in [1.82, 2.24) is 4.98 Å². The number of nitrogens with two attached hydrogens (primary N) is 1. The van der Waals surface area contributed by atoms with E-state index in [1.54, 1.807) is 48.5 Å². The van der Waals surface area contributed by atoms with E-state index in [0.717, 1.165) is 6.08 Å². The molecule has 0 saturated heterocycles. The molecule has 0 aliphatic carbocycles. The first kappa shape index (κ1) is 27.4. The molecule has 0 fully saturated rings. The van der Waals surface area contributed by atoms with E-state index < -0.39 is 17.8 Å². The quantitative estimate of drug-likeness (QED) is 0.182. The van der Waals surface area contributed by atoms with Gasteiger partial charge in [0.1, 0.15) is 18.1 Å². The second kappa shape index (κ2) is 12.3. The number of carbonyl (C=O) groups excluding carboxylic acids is 1. The van der Waals surface area contributed by atoms with E-state index in [-0.39, 0.29) is 34.2 Å². The van der Waals surface area contributed by atoms with Crippen molar-refractivity contribution in [3.05, 3.63) is 131 Å². The molecule has 4 rings (SSSR count). The van der Waals surface area contributed by atoms with Gasteiger partial charge in [0.25, 0.3) is 0 Å². The van der Waals surface area contributed by atoms with Crippen molar-refractivity contribution in [2.24, 2.45) is 10.7 Å². The second-order valence-corrected chi connectivity index (χ2v) is 8.53. The minimum absolute atomic E-state index is 0.0384. The highest BCUT2D eigenvalue weighted by Gasteiger charge is 2.31. The Labute approximate surface area is 227 Å². The lowest BCUT2D eigenvalue weighted by Gasteiger charge is -2.10. The molecule has 2 N–H and O–H groups in total. The van der Waals surface area contributed by atoms with Gasteiger partial charge in [-0.15, -0.1) is 0 Å². The van der Waals surface area contributed by atoms with Crippen LogP contribution in [0, 0.1) is 0 Å². The molecule has 0 amide bonds. The fraction of sp³-hybridized carbons (Fsp3) is 0.0690. The van der Waals surface area contributed by atoms with Crippen LogP contribution in [0.25, 0.3) is 0 Å². The predicted octanol–water partition coefficient (Wildman–Crippen LogP) is 7.41. The first-order valence-electron chi connectivity index (χ1n) is 11.5. The van der Waals surface area contributed by atoms with Crippen LogP contribution in [0.3, 0.4) is 0 Å². The van der Waals surface area contributed by atoms with Gasteiger partial charge < -0.3 is 15.2 Å². The number of nitrogens with zero attached hydrogens (tertiary/aromatic N) is 2. The molecule has 6 nitrogen and oxygen atoms in total. The van der Waals surface area contributed by atoms with E-state index in [0.29, 0.717) is 17.2 Å². The molecule has 0 spiro atoms. The number of hydrogen-bond donors (Lipinski definition) is 1. The number of pyridine rings is 1. The molecule has 0 unspecified atom stereocenters. The molecule has 4 aromatic rings. The van der Waals surface area contributed by atoms with Gasteiger partial charge in [0.05, 0.1) is 22.0 Å². The zero-order valence-electron chi connectivity index (χ0n) is 20.2. The third-order valence-corrected chi connectivity index (χ3v) is 5.58. The van der Waals surface area contributed by atoms with Crippen molar-refractivity contribution in [2.45, 2.75) is 12.8 Å². The smallest absolute Gasteiger partial charge is 0.430 e. The highest BCUT2D eigenvalue weighted by atomic mass is 35.5. The van der Waals surface area contributed by atoms with Crippen molar-refractivity contribution in [3.63, 3.8) is 0 Å². The van der Waals surface area contributed by atoms with Gasteiger partial charge in [0.15, 0.2) is 0 Å². The lowest BCUT2D eigenvalue weighted by atomic mass is 10.1. The molecular formula is C29H21ClF3N3O3. The summed E-state index contributed by atoms with van der Waals surface area (Å²) in [5, 5.41) is 0.253. The summed E-state index contributed by atoms with van der Waals surface area (Å²) in [6.45, 7) is -0.0384. The number of alkyl halides is 3. The highest BCUT2D eigenvalue weighted by Crippen LogP contribution is 2.27. The largest absolute Gasteiger partial charge is 0.457 e. The fourth-order valence-corrected chi connectivity index (χ4v) is 3.43. The van der Waals surface area contributed by atoms with E-state index in [2.05, 4.69) is 9.98 Å². The Balaban J connectivity index is 1.45. The molecule has 1 aromatic heterocycles. The van der Waals surface area contributed by atoms with E-state index in [1.807, 2.05) is 18.2 Å². The molecule has 1 heterocycles. The van der Waals surface area contributed by atoms with Gasteiger partial charge in [-0.1, -0.05) is 54.1 Å². The van der Waals surface area contributed by atoms with Crippen molar-refractivity contribution < 1.29 is 27.4 Å². The van der Waals surface area contributed by atoms with Gasteiger partial charge in [0, 0.05) is 23.4 Å². The first-order chi connectivity index (χ1) is 18.7. The lowest BCUT2D eigenvalue weighted by Crippen LogP contribution is -2.21. The third kappa shape index (κ3) is 7.68. The maximum Gasteiger partial charge on any atom is 0.430 e. The number of benzene rings is 3. The third-order valence-electron chi connectivity index (χ3n) is 5.26.